The summed E-state index contributed by atoms with van der Waals surface area (Å²) in [6.07, 6.45) is 3.07. The van der Waals surface area contributed by atoms with E-state index in [0.717, 1.165) is 30.1 Å². The van der Waals surface area contributed by atoms with Gasteiger partial charge in [-0.15, -0.1) is 12.4 Å². The molecule has 2 N–H and O–H groups in total. The van der Waals surface area contributed by atoms with Gasteiger partial charge in [0.25, 0.3) is 0 Å². The minimum absolute atomic E-state index is 0. The molecule has 1 amide bonds. The molecule has 6 heteroatoms. The molecule has 112 valence electrons. The summed E-state index contributed by atoms with van der Waals surface area (Å²) in [6.45, 7) is 3.84. The summed E-state index contributed by atoms with van der Waals surface area (Å²) in [5.74, 6) is 1.27. The van der Waals surface area contributed by atoms with Crippen molar-refractivity contribution >= 4 is 24.0 Å². The number of carbonyl (C=O) groups is 1. The Hall–Kier alpha value is -1.85. The first-order chi connectivity index (χ1) is 9.74. The average Bonchev–Trinajstić information content (AvgIpc) is 2.91. The topological polar surface area (TPSA) is 67.2 Å². The van der Waals surface area contributed by atoms with Crippen molar-refractivity contribution in [2.24, 2.45) is 11.8 Å². The predicted octanol–water partition coefficient (Wildman–Crippen LogP) is 2.56. The molecule has 1 aromatic heterocycles. The van der Waals surface area contributed by atoms with Crippen molar-refractivity contribution in [2.45, 2.75) is 6.92 Å². The molecule has 0 spiro atoms. The Morgan fingerprint density at radius 1 is 1.38 bits per heavy atom. The second kappa shape index (κ2) is 6.74. The van der Waals surface area contributed by atoms with Crippen molar-refractivity contribution in [2.75, 3.05) is 18.4 Å². The third-order valence-electron chi connectivity index (χ3n) is 3.80. The van der Waals surface area contributed by atoms with Crippen LogP contribution in [0.25, 0.3) is 11.3 Å². The van der Waals surface area contributed by atoms with Crippen LogP contribution < -0.4 is 10.6 Å². The van der Waals surface area contributed by atoms with E-state index in [-0.39, 0.29) is 24.2 Å². The van der Waals surface area contributed by atoms with Crippen molar-refractivity contribution in [3.05, 3.63) is 36.9 Å². The van der Waals surface area contributed by atoms with E-state index in [0.29, 0.717) is 5.92 Å². The van der Waals surface area contributed by atoms with Crippen LogP contribution in [0.1, 0.15) is 6.92 Å². The highest BCUT2D eigenvalue weighted by Gasteiger charge is 2.28. The first-order valence-corrected chi connectivity index (χ1v) is 6.74. The van der Waals surface area contributed by atoms with Gasteiger partial charge in [0, 0.05) is 17.2 Å². The fraction of sp³-hybridized carbons (Fsp3) is 0.333. The highest BCUT2D eigenvalue weighted by Crippen LogP contribution is 2.22. The second-order valence-corrected chi connectivity index (χ2v) is 5.14. The Balaban J connectivity index is 0.00000161. The molecule has 2 aromatic rings. The Labute approximate surface area is 129 Å². The van der Waals surface area contributed by atoms with Crippen LogP contribution in [0.4, 0.5) is 5.69 Å². The fourth-order valence-corrected chi connectivity index (χ4v) is 2.21. The number of oxazole rings is 1. The molecular formula is C15H18ClN3O2. The smallest absolute Gasteiger partial charge is 0.227 e. The zero-order valence-electron chi connectivity index (χ0n) is 11.7. The summed E-state index contributed by atoms with van der Waals surface area (Å²) >= 11 is 0. The Morgan fingerprint density at radius 3 is 2.62 bits per heavy atom. The number of nitrogens with zero attached hydrogens (tertiary/aromatic N) is 1. The first kappa shape index (κ1) is 15.5. The van der Waals surface area contributed by atoms with Gasteiger partial charge in [-0.3, -0.25) is 4.79 Å². The molecule has 5 nitrogen and oxygen atoms in total. The second-order valence-electron chi connectivity index (χ2n) is 5.14. The third kappa shape index (κ3) is 3.43. The Morgan fingerprint density at radius 2 is 2.10 bits per heavy atom. The number of anilines is 1. The quantitative estimate of drug-likeness (QED) is 0.911. The molecule has 1 aliphatic rings. The zero-order chi connectivity index (χ0) is 13.9. The number of hydrogen-bond donors (Lipinski definition) is 2. The van der Waals surface area contributed by atoms with E-state index in [1.165, 1.54) is 6.39 Å². The molecule has 0 radical (unpaired) electrons. The third-order valence-corrected chi connectivity index (χ3v) is 3.80. The van der Waals surface area contributed by atoms with Gasteiger partial charge in [0.15, 0.2) is 12.2 Å². The van der Waals surface area contributed by atoms with Crippen LogP contribution in [0.15, 0.2) is 41.3 Å². The van der Waals surface area contributed by atoms with Gasteiger partial charge in [0.2, 0.25) is 5.91 Å². The van der Waals surface area contributed by atoms with Crippen molar-refractivity contribution in [3.8, 4) is 11.3 Å². The lowest BCUT2D eigenvalue weighted by Crippen LogP contribution is -2.48. The van der Waals surface area contributed by atoms with E-state index in [2.05, 4.69) is 15.6 Å². The molecule has 1 saturated heterocycles. The van der Waals surface area contributed by atoms with Crippen LogP contribution in [0.2, 0.25) is 0 Å². The summed E-state index contributed by atoms with van der Waals surface area (Å²) in [7, 11) is 0. The standard InChI is InChI=1S/C15H17N3O2.ClH/c1-10(12-6-16-7-12)15(19)18-13-4-2-11(3-5-13)14-8-17-9-20-14;/h2-5,8-10,12,16H,6-7H2,1H3,(H,18,19);1H. The summed E-state index contributed by atoms with van der Waals surface area (Å²) in [4.78, 5) is 16.0. The van der Waals surface area contributed by atoms with Crippen LogP contribution in [-0.4, -0.2) is 24.0 Å². The number of halogens is 1. The largest absolute Gasteiger partial charge is 0.444 e. The monoisotopic (exact) mass is 307 g/mol. The fourth-order valence-electron chi connectivity index (χ4n) is 2.21. The maximum atomic E-state index is 12.1. The van der Waals surface area contributed by atoms with Gasteiger partial charge in [-0.1, -0.05) is 6.92 Å². The minimum atomic E-state index is 0. The summed E-state index contributed by atoms with van der Waals surface area (Å²) in [6, 6.07) is 7.57. The van der Waals surface area contributed by atoms with E-state index in [1.54, 1.807) is 6.20 Å². The van der Waals surface area contributed by atoms with Crippen LogP contribution >= 0.6 is 12.4 Å². The van der Waals surface area contributed by atoms with E-state index in [9.17, 15) is 4.79 Å². The number of amides is 1. The molecule has 1 aliphatic heterocycles. The minimum Gasteiger partial charge on any atom is -0.444 e. The molecule has 2 heterocycles. The van der Waals surface area contributed by atoms with E-state index < -0.39 is 0 Å². The molecule has 0 aliphatic carbocycles. The molecule has 1 atom stereocenters. The summed E-state index contributed by atoms with van der Waals surface area (Å²) < 4.78 is 5.23. The Kier molecular flexibility index (Phi) is 4.98. The average molecular weight is 308 g/mol. The van der Waals surface area contributed by atoms with Gasteiger partial charge in [-0.25, -0.2) is 4.98 Å². The van der Waals surface area contributed by atoms with Crippen molar-refractivity contribution in [1.82, 2.24) is 10.3 Å². The van der Waals surface area contributed by atoms with Crippen LogP contribution in [0.5, 0.6) is 0 Å². The maximum absolute atomic E-state index is 12.1. The molecule has 1 fully saturated rings. The number of rotatable bonds is 4. The van der Waals surface area contributed by atoms with E-state index in [4.69, 9.17) is 4.42 Å². The molecule has 1 aromatic carbocycles. The van der Waals surface area contributed by atoms with E-state index >= 15 is 0 Å². The van der Waals surface area contributed by atoms with Crippen LogP contribution in [0, 0.1) is 11.8 Å². The maximum Gasteiger partial charge on any atom is 0.227 e. The highest BCUT2D eigenvalue weighted by molar-refractivity contribution is 5.92. The lowest BCUT2D eigenvalue weighted by Gasteiger charge is -2.31. The molecule has 21 heavy (non-hydrogen) atoms. The molecule has 0 bridgehead atoms. The normalized spacial score (nSPS) is 15.7. The first-order valence-electron chi connectivity index (χ1n) is 6.74. The van der Waals surface area contributed by atoms with Crippen molar-refractivity contribution in [1.29, 1.82) is 0 Å². The predicted molar refractivity (Wildman–Crippen MR) is 83.3 cm³/mol. The van der Waals surface area contributed by atoms with Crippen LogP contribution in [-0.2, 0) is 4.79 Å². The lowest BCUT2D eigenvalue weighted by molar-refractivity contribution is -0.121. The van der Waals surface area contributed by atoms with Gasteiger partial charge in [-0.05, 0) is 43.3 Å². The Bertz CT molecular complexity index is 579. The SMILES string of the molecule is CC(C(=O)Nc1ccc(-c2cnco2)cc1)C1CNC1.Cl. The van der Waals surface area contributed by atoms with Gasteiger partial charge < -0.3 is 15.1 Å². The van der Waals surface area contributed by atoms with Gasteiger partial charge in [0.05, 0.1) is 6.20 Å². The highest BCUT2D eigenvalue weighted by atomic mass is 35.5. The molecule has 1 unspecified atom stereocenters. The van der Waals surface area contributed by atoms with Crippen LogP contribution in [0.3, 0.4) is 0 Å². The van der Waals surface area contributed by atoms with Gasteiger partial charge in [0.1, 0.15) is 0 Å². The number of hydrogen-bond acceptors (Lipinski definition) is 4. The van der Waals surface area contributed by atoms with Gasteiger partial charge in [-0.2, -0.15) is 0 Å². The summed E-state index contributed by atoms with van der Waals surface area (Å²) in [5.41, 5.74) is 1.74. The number of carbonyl (C=O) groups excluding carboxylic acids is 1. The lowest BCUT2D eigenvalue weighted by atomic mass is 9.88. The van der Waals surface area contributed by atoms with Gasteiger partial charge >= 0.3 is 0 Å². The molecule has 3 rings (SSSR count). The van der Waals surface area contributed by atoms with Crippen molar-refractivity contribution < 1.29 is 9.21 Å². The molecular weight excluding hydrogens is 290 g/mol. The van der Waals surface area contributed by atoms with Crippen molar-refractivity contribution in [3.63, 3.8) is 0 Å². The van der Waals surface area contributed by atoms with E-state index in [1.807, 2.05) is 31.2 Å². The number of nitrogens with one attached hydrogen (secondary N) is 2. The zero-order valence-corrected chi connectivity index (χ0v) is 12.5. The summed E-state index contributed by atoms with van der Waals surface area (Å²) in [5, 5.41) is 6.14. The number of benzene rings is 1. The molecule has 0 saturated carbocycles. The number of aromatic nitrogens is 1.